The third-order valence-corrected chi connectivity index (χ3v) is 8.40. The second-order valence-electron chi connectivity index (χ2n) is 8.49. The van der Waals surface area contributed by atoms with Crippen molar-refractivity contribution < 1.29 is 23.1 Å². The van der Waals surface area contributed by atoms with Crippen LogP contribution >= 0.6 is 0 Å². The molecule has 0 aliphatic carbocycles. The van der Waals surface area contributed by atoms with Crippen molar-refractivity contribution in [3.8, 4) is 0 Å². The number of benzene rings is 2. The monoisotopic (exact) mass is 557 g/mol. The summed E-state index contributed by atoms with van der Waals surface area (Å²) in [6.07, 6.45) is 2.04. The first-order valence-corrected chi connectivity index (χ1v) is 12.8. The van der Waals surface area contributed by atoms with Crippen molar-refractivity contribution in [1.29, 1.82) is 0 Å². The predicted octanol–water partition coefficient (Wildman–Crippen LogP) is 4.02. The molecule has 5 rings (SSSR count). The molecule has 10 heteroatoms. The summed E-state index contributed by atoms with van der Waals surface area (Å²) in [7, 11) is 0. The number of aromatic amines is 1. The van der Waals surface area contributed by atoms with Crippen LogP contribution in [0.4, 0.5) is 14.5 Å². The average Bonchev–Trinajstić information content (AvgIpc) is 3.41. The number of nitrogens with one attached hydrogen (secondary N) is 2. The van der Waals surface area contributed by atoms with E-state index in [1.165, 1.54) is 36.4 Å². The van der Waals surface area contributed by atoms with E-state index in [1.807, 2.05) is 0 Å². The Hall–Kier alpha value is -3.75. The van der Waals surface area contributed by atoms with Gasteiger partial charge >= 0.3 is 166 Å². The van der Waals surface area contributed by atoms with Gasteiger partial charge in [-0.3, -0.25) is 4.79 Å². The molecule has 0 fully saturated rings. The molecule has 0 unspecified atom stereocenters. The number of rotatable bonds is 6. The van der Waals surface area contributed by atoms with Gasteiger partial charge in [0, 0.05) is 5.69 Å². The first-order chi connectivity index (χ1) is 17.2. The van der Waals surface area contributed by atoms with Crippen molar-refractivity contribution in [3.05, 3.63) is 86.5 Å². The molecule has 36 heavy (non-hydrogen) atoms. The van der Waals surface area contributed by atoms with Crippen molar-refractivity contribution in [2.45, 2.75) is 26.8 Å². The molecule has 3 heterocycles. The van der Waals surface area contributed by atoms with Gasteiger partial charge < -0.3 is 5.32 Å². The van der Waals surface area contributed by atoms with Gasteiger partial charge in [0.05, 0.1) is 0 Å². The maximum absolute atomic E-state index is 13.7. The van der Waals surface area contributed by atoms with Crippen LogP contribution in [-0.4, -0.2) is 41.8 Å². The molecule has 1 amide bonds. The Balaban J connectivity index is 1.28. The first-order valence-electron chi connectivity index (χ1n) is 11.2. The summed E-state index contributed by atoms with van der Waals surface area (Å²) in [6.45, 7) is 3.98. The zero-order valence-corrected chi connectivity index (χ0v) is 21.1. The fraction of sp³-hybridized carbons (Fsp3) is 0.192. The summed E-state index contributed by atoms with van der Waals surface area (Å²) in [4.78, 5) is 40.8. The number of hydrogen-bond donors (Lipinski definition) is 2. The number of carbonyl (C=O) groups excluding carboxylic acids is 2. The van der Waals surface area contributed by atoms with E-state index in [-0.39, 0.29) is 38.6 Å². The van der Waals surface area contributed by atoms with Crippen LogP contribution in [-0.2, 0) is 16.1 Å². The summed E-state index contributed by atoms with van der Waals surface area (Å²) in [5.74, 6) is -1.68. The maximum atomic E-state index is 13.7. The quantitative estimate of drug-likeness (QED) is 0.163. The molecule has 0 saturated carbocycles. The molecule has 0 radical (unpaired) electrons. The summed E-state index contributed by atoms with van der Waals surface area (Å²) < 4.78 is 35.0. The Morgan fingerprint density at radius 1 is 1.11 bits per heavy atom. The number of H-pyrrole nitrogens is 1. The predicted molar refractivity (Wildman–Crippen MR) is 133 cm³/mol. The Labute approximate surface area is 210 Å². The summed E-state index contributed by atoms with van der Waals surface area (Å²) >= 11 is -0.303. The Morgan fingerprint density at radius 2 is 1.86 bits per heavy atom. The van der Waals surface area contributed by atoms with Gasteiger partial charge in [0.15, 0.2) is 0 Å². The molecule has 184 valence electrons. The van der Waals surface area contributed by atoms with Crippen LogP contribution in [0.1, 0.15) is 39.3 Å². The number of anilines is 1. The number of ether oxygens (including phenoxy) is 1. The molecule has 4 aromatic rings. The van der Waals surface area contributed by atoms with Crippen molar-refractivity contribution >= 4 is 53.6 Å². The van der Waals surface area contributed by atoms with E-state index >= 15 is 0 Å². The molecule has 0 atom stereocenters. The van der Waals surface area contributed by atoms with Crippen LogP contribution in [0, 0.1) is 25.5 Å². The van der Waals surface area contributed by atoms with Crippen LogP contribution in [0.25, 0.3) is 21.3 Å². The zero-order valence-electron chi connectivity index (χ0n) is 19.4. The van der Waals surface area contributed by atoms with Crippen molar-refractivity contribution in [3.63, 3.8) is 0 Å². The molecule has 7 nitrogen and oxygen atoms in total. The number of fused-ring (bicyclic) bond motifs is 2. The Morgan fingerprint density at radius 3 is 2.67 bits per heavy atom. The number of halogens is 2. The van der Waals surface area contributed by atoms with Gasteiger partial charge in [-0.25, -0.2) is 4.39 Å². The Kier molecular flexibility index (Phi) is 6.24. The number of esters is 1. The van der Waals surface area contributed by atoms with Gasteiger partial charge in [-0.15, -0.1) is 0 Å². The second kappa shape index (κ2) is 9.37. The number of nitrogens with zero attached hydrogens (tertiary/aromatic N) is 1. The SMILES string of the molecule is Cc1[nH]c(/C=C2\C(=O)Nc3ccc(F)cc32)c(C)c1C(=O)OCCCn1[se]c2cc(F)ccc2c1=O. The van der Waals surface area contributed by atoms with Crippen LogP contribution < -0.4 is 10.9 Å². The number of hydrogen-bond acceptors (Lipinski definition) is 4. The average molecular weight is 556 g/mol. The minimum atomic E-state index is -0.517. The van der Waals surface area contributed by atoms with Crippen LogP contribution in [0.15, 0.2) is 41.2 Å². The van der Waals surface area contributed by atoms with Gasteiger partial charge in [0.25, 0.3) is 0 Å². The third kappa shape index (κ3) is 4.34. The number of amides is 1. The fourth-order valence-corrected chi connectivity index (χ4v) is 6.53. The van der Waals surface area contributed by atoms with Gasteiger partial charge in [-0.2, -0.15) is 0 Å². The zero-order chi connectivity index (χ0) is 25.6. The molecular weight excluding hydrogens is 535 g/mol. The van der Waals surface area contributed by atoms with Crippen molar-refractivity contribution in [2.24, 2.45) is 0 Å². The van der Waals surface area contributed by atoms with E-state index in [1.54, 1.807) is 23.5 Å². The molecule has 1 aliphatic heterocycles. The second-order valence-corrected chi connectivity index (χ2v) is 10.7. The van der Waals surface area contributed by atoms with Gasteiger partial charge in [-0.1, -0.05) is 0 Å². The third-order valence-electron chi connectivity index (χ3n) is 6.08. The first kappa shape index (κ1) is 24.0. The number of carbonyl (C=O) groups is 2. The standard InChI is InChI=1S/C26H21F2N3O4Se/c1-13-21(12-19-18-10-15(27)5-7-20(18)30-24(19)32)29-14(2)23(13)26(34)35-9-3-8-31-25(33)17-6-4-16(28)11-22(17)36-31/h4-7,10-12,29H,3,8-9H2,1-2H3,(H,30,32)/b19-12-. The van der Waals surface area contributed by atoms with E-state index in [0.29, 0.717) is 62.0 Å². The molecule has 0 bridgehead atoms. The number of aromatic nitrogens is 2. The molecule has 0 spiro atoms. The summed E-state index contributed by atoms with van der Waals surface area (Å²) in [5.41, 5.74) is 3.26. The number of aryl methyl sites for hydroxylation is 2. The van der Waals surface area contributed by atoms with Crippen LogP contribution in [0.3, 0.4) is 0 Å². The van der Waals surface area contributed by atoms with E-state index < -0.39 is 11.8 Å². The van der Waals surface area contributed by atoms with E-state index in [4.69, 9.17) is 4.74 Å². The Bertz CT molecular complexity index is 1630. The van der Waals surface area contributed by atoms with Crippen molar-refractivity contribution in [1.82, 2.24) is 8.55 Å². The molecule has 2 N–H and O–H groups in total. The molecular formula is C26H21F2N3O4Se. The topological polar surface area (TPSA) is 93.2 Å². The fourth-order valence-electron chi connectivity index (χ4n) is 4.31. The van der Waals surface area contributed by atoms with Crippen LogP contribution in [0.5, 0.6) is 0 Å². The van der Waals surface area contributed by atoms with E-state index in [2.05, 4.69) is 10.3 Å². The molecule has 2 aromatic carbocycles. The molecule has 2 aromatic heterocycles. The van der Waals surface area contributed by atoms with E-state index in [9.17, 15) is 23.2 Å². The summed E-state index contributed by atoms with van der Waals surface area (Å²) in [6, 6.07) is 8.25. The minimum absolute atomic E-state index is 0.110. The van der Waals surface area contributed by atoms with Gasteiger partial charge in [0.2, 0.25) is 0 Å². The van der Waals surface area contributed by atoms with Gasteiger partial charge in [-0.05, 0) is 18.2 Å². The molecule has 1 aliphatic rings. The van der Waals surface area contributed by atoms with Crippen molar-refractivity contribution in [2.75, 3.05) is 11.9 Å². The van der Waals surface area contributed by atoms with Crippen LogP contribution in [0.2, 0.25) is 0 Å². The van der Waals surface area contributed by atoms with Gasteiger partial charge in [0.1, 0.15) is 5.82 Å². The molecule has 0 saturated heterocycles. The normalized spacial score (nSPS) is 13.9. The summed E-state index contributed by atoms with van der Waals surface area (Å²) in [5, 5.41) is 3.23. The van der Waals surface area contributed by atoms with E-state index in [0.717, 1.165) is 0 Å².